The van der Waals surface area contributed by atoms with Crippen molar-refractivity contribution in [2.75, 3.05) is 0 Å². The van der Waals surface area contributed by atoms with Gasteiger partial charge >= 0.3 is 5.97 Å². The van der Waals surface area contributed by atoms with Crippen LogP contribution in [0, 0.1) is 0 Å². The number of ether oxygens (including phenoxy) is 1. The van der Waals surface area contributed by atoms with E-state index in [1.165, 1.54) is 0 Å². The second kappa shape index (κ2) is 6.19. The number of hydrogen-bond donors (Lipinski definition) is 1. The molecule has 4 nitrogen and oxygen atoms in total. The monoisotopic (exact) mass is 249 g/mol. The summed E-state index contributed by atoms with van der Waals surface area (Å²) in [5, 5.41) is 2.50. The molecule has 0 unspecified atom stereocenters. The molecule has 0 bridgehead atoms. The topological polar surface area (TPSA) is 55.4 Å². The molecule has 18 heavy (non-hydrogen) atoms. The van der Waals surface area contributed by atoms with Gasteiger partial charge in [0.25, 0.3) is 0 Å². The van der Waals surface area contributed by atoms with Gasteiger partial charge in [-0.25, -0.2) is 4.79 Å². The van der Waals surface area contributed by atoms with Gasteiger partial charge in [0.15, 0.2) is 0 Å². The Kier molecular flexibility index (Phi) is 4.89. The van der Waals surface area contributed by atoms with E-state index in [9.17, 15) is 9.59 Å². The number of rotatable bonds is 5. The van der Waals surface area contributed by atoms with Crippen LogP contribution in [0.2, 0.25) is 0 Å². The van der Waals surface area contributed by atoms with E-state index in [0.717, 1.165) is 5.56 Å². The van der Waals surface area contributed by atoms with Gasteiger partial charge in [0, 0.05) is 6.42 Å². The number of nitrogens with one attached hydrogen (secondary N) is 1. The van der Waals surface area contributed by atoms with Crippen LogP contribution in [-0.4, -0.2) is 24.0 Å². The van der Waals surface area contributed by atoms with E-state index < -0.39 is 17.6 Å². The van der Waals surface area contributed by atoms with Crippen molar-refractivity contribution >= 4 is 12.4 Å². The van der Waals surface area contributed by atoms with Gasteiger partial charge in [-0.1, -0.05) is 30.3 Å². The minimum absolute atomic E-state index is 0.418. The van der Waals surface area contributed by atoms with Crippen molar-refractivity contribution in [3.05, 3.63) is 35.9 Å². The highest BCUT2D eigenvalue weighted by Gasteiger charge is 2.24. The van der Waals surface area contributed by atoms with Crippen LogP contribution in [0.3, 0.4) is 0 Å². The zero-order valence-electron chi connectivity index (χ0n) is 11.0. The predicted octanol–water partition coefficient (Wildman–Crippen LogP) is 1.69. The summed E-state index contributed by atoms with van der Waals surface area (Å²) in [4.78, 5) is 22.5. The first kappa shape index (κ1) is 14.2. The van der Waals surface area contributed by atoms with Crippen LogP contribution in [0.5, 0.6) is 0 Å². The third kappa shape index (κ3) is 4.99. The molecule has 1 N–H and O–H groups in total. The largest absolute Gasteiger partial charge is 0.458 e. The highest BCUT2D eigenvalue weighted by molar-refractivity contribution is 5.79. The molecule has 0 saturated carbocycles. The molecule has 1 amide bonds. The van der Waals surface area contributed by atoms with E-state index in [1.807, 2.05) is 30.3 Å². The van der Waals surface area contributed by atoms with Gasteiger partial charge in [0.05, 0.1) is 0 Å². The van der Waals surface area contributed by atoms with E-state index in [1.54, 1.807) is 20.8 Å². The zero-order valence-corrected chi connectivity index (χ0v) is 11.0. The van der Waals surface area contributed by atoms with Crippen LogP contribution >= 0.6 is 0 Å². The van der Waals surface area contributed by atoms with Crippen molar-refractivity contribution in [2.24, 2.45) is 0 Å². The quantitative estimate of drug-likeness (QED) is 0.638. The summed E-state index contributed by atoms with van der Waals surface area (Å²) in [6, 6.07) is 8.85. The van der Waals surface area contributed by atoms with Crippen LogP contribution < -0.4 is 5.32 Å². The number of benzene rings is 1. The van der Waals surface area contributed by atoms with Gasteiger partial charge in [-0.2, -0.15) is 0 Å². The fourth-order valence-electron chi connectivity index (χ4n) is 1.52. The summed E-state index contributed by atoms with van der Waals surface area (Å²) in [5.74, 6) is -0.418. The summed E-state index contributed by atoms with van der Waals surface area (Å²) in [5.41, 5.74) is 0.416. The van der Waals surface area contributed by atoms with Crippen molar-refractivity contribution in [3.63, 3.8) is 0 Å². The molecule has 0 fully saturated rings. The summed E-state index contributed by atoms with van der Waals surface area (Å²) in [6.07, 6.45) is 0.950. The number of carbonyl (C=O) groups excluding carboxylic acids is 2. The molecule has 0 spiro atoms. The molecule has 1 atom stereocenters. The maximum atomic E-state index is 11.9. The Labute approximate surface area is 107 Å². The number of esters is 1. The molecule has 0 saturated heterocycles. The molecular weight excluding hydrogens is 230 g/mol. The molecule has 0 aliphatic heterocycles. The maximum Gasteiger partial charge on any atom is 0.329 e. The van der Waals surface area contributed by atoms with Crippen LogP contribution in [0.4, 0.5) is 0 Å². The SMILES string of the molecule is CC(C)(C)OC(=O)[C@@H](Cc1ccccc1)NC=O. The Morgan fingerprint density at radius 1 is 1.33 bits per heavy atom. The smallest absolute Gasteiger partial charge is 0.329 e. The third-order valence-electron chi connectivity index (χ3n) is 2.24. The first-order chi connectivity index (χ1) is 8.42. The van der Waals surface area contributed by atoms with Gasteiger partial charge in [-0.15, -0.1) is 0 Å². The average molecular weight is 249 g/mol. The highest BCUT2D eigenvalue weighted by atomic mass is 16.6. The molecule has 0 aromatic heterocycles. The maximum absolute atomic E-state index is 11.9. The lowest BCUT2D eigenvalue weighted by Crippen LogP contribution is -2.42. The fraction of sp³-hybridized carbons (Fsp3) is 0.429. The van der Waals surface area contributed by atoms with Gasteiger partial charge in [-0.05, 0) is 26.3 Å². The Morgan fingerprint density at radius 2 is 1.94 bits per heavy atom. The molecule has 1 rings (SSSR count). The highest BCUT2D eigenvalue weighted by Crippen LogP contribution is 2.11. The van der Waals surface area contributed by atoms with E-state index >= 15 is 0 Å². The van der Waals surface area contributed by atoms with Crippen LogP contribution in [0.25, 0.3) is 0 Å². The summed E-state index contributed by atoms with van der Waals surface area (Å²) in [6.45, 7) is 5.39. The van der Waals surface area contributed by atoms with E-state index in [2.05, 4.69) is 5.32 Å². The summed E-state index contributed by atoms with van der Waals surface area (Å²) in [7, 11) is 0. The second-order valence-corrected chi connectivity index (χ2v) is 5.06. The fourth-order valence-corrected chi connectivity index (χ4v) is 1.52. The molecule has 1 aromatic rings. The van der Waals surface area contributed by atoms with Crippen LogP contribution in [0.15, 0.2) is 30.3 Å². The third-order valence-corrected chi connectivity index (χ3v) is 2.24. The first-order valence-electron chi connectivity index (χ1n) is 5.89. The van der Waals surface area contributed by atoms with Gasteiger partial charge < -0.3 is 10.1 Å². The minimum Gasteiger partial charge on any atom is -0.458 e. The lowest BCUT2D eigenvalue weighted by atomic mass is 10.1. The van der Waals surface area contributed by atoms with Crippen molar-refractivity contribution in [2.45, 2.75) is 38.8 Å². The second-order valence-electron chi connectivity index (χ2n) is 5.06. The average Bonchev–Trinajstić information content (AvgIpc) is 2.27. The van der Waals surface area contributed by atoms with E-state index in [4.69, 9.17) is 4.74 Å². The van der Waals surface area contributed by atoms with Gasteiger partial charge in [0.1, 0.15) is 11.6 Å². The van der Waals surface area contributed by atoms with E-state index in [0.29, 0.717) is 12.8 Å². The number of hydrogen-bond acceptors (Lipinski definition) is 3. The van der Waals surface area contributed by atoms with Crippen molar-refractivity contribution in [3.8, 4) is 0 Å². The molecule has 4 heteroatoms. The van der Waals surface area contributed by atoms with Crippen molar-refractivity contribution in [1.29, 1.82) is 0 Å². The standard InChI is InChI=1S/C14H19NO3/c1-14(2,3)18-13(17)12(15-10-16)9-11-7-5-4-6-8-11/h4-8,10,12H,9H2,1-3H3,(H,15,16)/t12-/m1/s1. The number of amides is 1. The minimum atomic E-state index is -0.649. The first-order valence-corrected chi connectivity index (χ1v) is 5.89. The van der Waals surface area contributed by atoms with Crippen molar-refractivity contribution in [1.82, 2.24) is 5.32 Å². The summed E-state index contributed by atoms with van der Waals surface area (Å²) >= 11 is 0. The van der Waals surface area contributed by atoms with Crippen molar-refractivity contribution < 1.29 is 14.3 Å². The zero-order chi connectivity index (χ0) is 13.6. The predicted molar refractivity (Wildman–Crippen MR) is 69.0 cm³/mol. The van der Waals surface area contributed by atoms with Gasteiger partial charge in [-0.3, -0.25) is 4.79 Å². The molecule has 0 radical (unpaired) electrons. The molecular formula is C14H19NO3. The normalized spacial score (nSPS) is 12.6. The van der Waals surface area contributed by atoms with Crippen LogP contribution in [0.1, 0.15) is 26.3 Å². The van der Waals surface area contributed by atoms with E-state index in [-0.39, 0.29) is 0 Å². The number of carbonyl (C=O) groups is 2. The Hall–Kier alpha value is -1.84. The van der Waals surface area contributed by atoms with Gasteiger partial charge in [0.2, 0.25) is 6.41 Å². The molecule has 98 valence electrons. The lowest BCUT2D eigenvalue weighted by Gasteiger charge is -2.23. The Morgan fingerprint density at radius 3 is 2.44 bits per heavy atom. The molecule has 0 aliphatic carbocycles. The van der Waals surface area contributed by atoms with Crippen LogP contribution in [-0.2, 0) is 20.7 Å². The molecule has 0 heterocycles. The lowest BCUT2D eigenvalue weighted by molar-refractivity contribution is -0.158. The summed E-state index contributed by atoms with van der Waals surface area (Å²) < 4.78 is 5.26. The molecule has 0 aliphatic rings. The molecule has 1 aromatic carbocycles. The Bertz CT molecular complexity index is 395. The Balaban J connectivity index is 2.71.